The van der Waals surface area contributed by atoms with Crippen LogP contribution in [-0.4, -0.2) is 47.2 Å². The number of amides is 1. The molecule has 0 unspecified atom stereocenters. The zero-order chi connectivity index (χ0) is 24.8. The molecule has 0 aliphatic heterocycles. The number of hydrogen-bond donors (Lipinski definition) is 2. The normalized spacial score (nSPS) is 11.9. The molecule has 178 valence electrons. The molecule has 0 fully saturated rings. The van der Waals surface area contributed by atoms with Crippen LogP contribution in [0.3, 0.4) is 0 Å². The molecule has 1 amide bonds. The first-order valence-electron chi connectivity index (χ1n) is 10.2. The molecule has 0 saturated carbocycles. The van der Waals surface area contributed by atoms with E-state index in [0.717, 1.165) is 0 Å². The molecule has 0 bridgehead atoms. The number of ether oxygens (including phenoxy) is 1. The van der Waals surface area contributed by atoms with E-state index in [1.807, 2.05) is 0 Å². The smallest absolute Gasteiger partial charge is 0.347 e. The fourth-order valence-corrected chi connectivity index (χ4v) is 3.27. The Kier molecular flexibility index (Phi) is 7.75. The van der Waals surface area contributed by atoms with Gasteiger partial charge in [0.1, 0.15) is 17.7 Å². The maximum Gasteiger partial charge on any atom is 0.347 e. The van der Waals surface area contributed by atoms with Crippen molar-refractivity contribution in [1.82, 2.24) is 15.4 Å². The minimum Gasteiger partial charge on any atom is -0.503 e. The molecule has 10 heteroatoms. The third-order valence-corrected chi connectivity index (χ3v) is 4.99. The Morgan fingerprint density at radius 3 is 2.03 bits per heavy atom. The highest BCUT2D eigenvalue weighted by molar-refractivity contribution is 5.97. The second-order valence-corrected chi connectivity index (χ2v) is 7.37. The van der Waals surface area contributed by atoms with Crippen molar-refractivity contribution in [1.29, 1.82) is 0 Å². The van der Waals surface area contributed by atoms with E-state index < -0.39 is 41.3 Å². The average molecular weight is 471 g/mol. The molecule has 0 aliphatic rings. The van der Waals surface area contributed by atoms with E-state index in [-0.39, 0.29) is 11.4 Å². The minimum absolute atomic E-state index is 0.0524. The summed E-state index contributed by atoms with van der Waals surface area (Å²) in [6.45, 7) is 1.40. The first-order valence-corrected chi connectivity index (χ1v) is 10.2. The number of halogens is 2. The lowest BCUT2D eigenvalue weighted by molar-refractivity contribution is -0.193. The zero-order valence-corrected chi connectivity index (χ0v) is 18.7. The Bertz CT molecular complexity index is 1110. The molecule has 3 aromatic rings. The van der Waals surface area contributed by atoms with Crippen LogP contribution in [0.25, 0.3) is 0 Å². The molecule has 2 aromatic carbocycles. The summed E-state index contributed by atoms with van der Waals surface area (Å²) >= 11 is 0. The molecule has 34 heavy (non-hydrogen) atoms. The van der Waals surface area contributed by atoms with E-state index in [9.17, 15) is 23.5 Å². The van der Waals surface area contributed by atoms with Gasteiger partial charge in [0.15, 0.2) is 17.2 Å². The third kappa shape index (κ3) is 5.65. The molecular weight excluding hydrogens is 448 g/mol. The molecule has 0 radical (unpaired) electrons. The standard InChI is InChI=1S/C24H23F2N3O5/c1-14(28-23(31)20-22(30)19(33-3)12-13-27-20)24(32)34-29(2)21(15-4-8-17(25)9-5-15)16-6-10-18(26)11-7-16/h4-14,21,30H,1-3H3,(H,28,31)/t14-/m0/s1. The van der Waals surface area contributed by atoms with Gasteiger partial charge < -0.3 is 20.0 Å². The maximum absolute atomic E-state index is 13.4. The summed E-state index contributed by atoms with van der Waals surface area (Å²) in [5.41, 5.74) is 0.860. The number of carbonyl (C=O) groups excluding carboxylic acids is 2. The fraction of sp³-hybridized carbons (Fsp3) is 0.208. The Morgan fingerprint density at radius 1 is 1.00 bits per heavy atom. The first-order chi connectivity index (χ1) is 16.2. The Hall–Kier alpha value is -4.05. The van der Waals surface area contributed by atoms with Crippen molar-refractivity contribution in [3.63, 3.8) is 0 Å². The Labute approximate surface area is 194 Å². The van der Waals surface area contributed by atoms with E-state index in [2.05, 4.69) is 10.3 Å². The van der Waals surface area contributed by atoms with Crippen LogP contribution in [0.2, 0.25) is 0 Å². The van der Waals surface area contributed by atoms with Gasteiger partial charge in [-0.25, -0.2) is 18.6 Å². The number of methoxy groups -OCH3 is 1. The topological polar surface area (TPSA) is 101 Å². The number of aromatic hydroxyl groups is 1. The van der Waals surface area contributed by atoms with Gasteiger partial charge in [0, 0.05) is 19.3 Å². The van der Waals surface area contributed by atoms with Crippen molar-refractivity contribution in [2.24, 2.45) is 0 Å². The summed E-state index contributed by atoms with van der Waals surface area (Å²) in [5.74, 6) is -2.91. The summed E-state index contributed by atoms with van der Waals surface area (Å²) in [6.07, 6.45) is 1.28. The van der Waals surface area contributed by atoms with E-state index in [1.165, 1.54) is 86.9 Å². The predicted molar refractivity (Wildman–Crippen MR) is 118 cm³/mol. The maximum atomic E-state index is 13.4. The number of benzene rings is 2. The van der Waals surface area contributed by atoms with Crippen LogP contribution in [-0.2, 0) is 9.63 Å². The van der Waals surface area contributed by atoms with Gasteiger partial charge in [-0.3, -0.25) is 4.79 Å². The van der Waals surface area contributed by atoms with Gasteiger partial charge in [-0.15, -0.1) is 5.06 Å². The average Bonchev–Trinajstić information content (AvgIpc) is 2.81. The highest BCUT2D eigenvalue weighted by atomic mass is 19.1. The van der Waals surface area contributed by atoms with Crippen LogP contribution >= 0.6 is 0 Å². The molecule has 0 aliphatic carbocycles. The second-order valence-electron chi connectivity index (χ2n) is 7.37. The number of pyridine rings is 1. The number of nitrogens with one attached hydrogen (secondary N) is 1. The molecule has 1 atom stereocenters. The van der Waals surface area contributed by atoms with E-state index in [1.54, 1.807) is 0 Å². The predicted octanol–water partition coefficient (Wildman–Crippen LogP) is 3.37. The van der Waals surface area contributed by atoms with Crippen LogP contribution in [0, 0.1) is 11.6 Å². The quantitative estimate of drug-likeness (QED) is 0.486. The highest BCUT2D eigenvalue weighted by Gasteiger charge is 2.27. The van der Waals surface area contributed by atoms with Gasteiger partial charge in [0.2, 0.25) is 0 Å². The molecule has 0 spiro atoms. The molecule has 1 heterocycles. The lowest BCUT2D eigenvalue weighted by Crippen LogP contribution is -2.42. The number of rotatable bonds is 8. The van der Waals surface area contributed by atoms with Gasteiger partial charge in [-0.1, -0.05) is 24.3 Å². The number of hydrogen-bond acceptors (Lipinski definition) is 7. The fourth-order valence-electron chi connectivity index (χ4n) is 3.27. The van der Waals surface area contributed by atoms with Crippen LogP contribution in [0.5, 0.6) is 11.5 Å². The van der Waals surface area contributed by atoms with Crippen molar-refractivity contribution in [3.05, 3.63) is 89.2 Å². The van der Waals surface area contributed by atoms with E-state index >= 15 is 0 Å². The van der Waals surface area contributed by atoms with Gasteiger partial charge >= 0.3 is 5.97 Å². The van der Waals surface area contributed by atoms with Gasteiger partial charge in [0.25, 0.3) is 5.91 Å². The zero-order valence-electron chi connectivity index (χ0n) is 18.7. The Balaban J connectivity index is 1.76. The van der Waals surface area contributed by atoms with Gasteiger partial charge in [-0.05, 0) is 42.3 Å². The molecule has 1 aromatic heterocycles. The van der Waals surface area contributed by atoms with Crippen molar-refractivity contribution in [2.75, 3.05) is 14.2 Å². The third-order valence-electron chi connectivity index (χ3n) is 4.99. The van der Waals surface area contributed by atoms with Gasteiger partial charge in [0.05, 0.1) is 13.2 Å². The highest BCUT2D eigenvalue weighted by Crippen LogP contribution is 2.29. The van der Waals surface area contributed by atoms with Crippen molar-refractivity contribution in [3.8, 4) is 11.5 Å². The Morgan fingerprint density at radius 2 is 1.53 bits per heavy atom. The number of aromatic nitrogens is 1. The van der Waals surface area contributed by atoms with E-state index in [4.69, 9.17) is 9.57 Å². The lowest BCUT2D eigenvalue weighted by Gasteiger charge is -2.28. The van der Waals surface area contributed by atoms with E-state index in [0.29, 0.717) is 11.1 Å². The molecule has 2 N–H and O–H groups in total. The summed E-state index contributed by atoms with van der Waals surface area (Å²) < 4.78 is 31.8. The van der Waals surface area contributed by atoms with Crippen LogP contribution in [0.1, 0.15) is 34.6 Å². The number of carbonyl (C=O) groups is 2. The largest absolute Gasteiger partial charge is 0.503 e. The molecule has 8 nitrogen and oxygen atoms in total. The minimum atomic E-state index is -1.12. The van der Waals surface area contributed by atoms with Crippen molar-refractivity contribution in [2.45, 2.75) is 19.0 Å². The van der Waals surface area contributed by atoms with Crippen LogP contribution in [0.4, 0.5) is 8.78 Å². The first kappa shape index (κ1) is 24.6. The number of hydroxylamine groups is 2. The van der Waals surface area contributed by atoms with Crippen molar-refractivity contribution >= 4 is 11.9 Å². The number of nitrogens with zero attached hydrogens (tertiary/aromatic N) is 2. The summed E-state index contributed by atoms with van der Waals surface area (Å²) in [6, 6.07) is 10.7. The lowest BCUT2D eigenvalue weighted by atomic mass is 9.98. The summed E-state index contributed by atoms with van der Waals surface area (Å²) in [5, 5.41) is 13.7. The van der Waals surface area contributed by atoms with Crippen LogP contribution in [0.15, 0.2) is 60.8 Å². The molecule has 0 saturated heterocycles. The van der Waals surface area contributed by atoms with Gasteiger partial charge in [-0.2, -0.15) is 0 Å². The summed E-state index contributed by atoms with van der Waals surface area (Å²) in [4.78, 5) is 34.4. The summed E-state index contributed by atoms with van der Waals surface area (Å²) in [7, 11) is 2.81. The van der Waals surface area contributed by atoms with Crippen LogP contribution < -0.4 is 10.1 Å². The molecular formula is C24H23F2N3O5. The van der Waals surface area contributed by atoms with Crippen molar-refractivity contribution < 1.29 is 33.1 Å². The second kappa shape index (κ2) is 10.7. The monoisotopic (exact) mass is 471 g/mol. The SMILES string of the molecule is COc1ccnc(C(=O)N[C@@H](C)C(=O)ON(C)C(c2ccc(F)cc2)c2ccc(F)cc2)c1O. The molecule has 3 rings (SSSR count).